The van der Waals surface area contributed by atoms with Crippen LogP contribution in [0, 0.1) is 5.82 Å². The van der Waals surface area contributed by atoms with E-state index in [1.807, 2.05) is 19.0 Å². The van der Waals surface area contributed by atoms with Gasteiger partial charge in [-0.3, -0.25) is 25.0 Å². The number of fused-ring (bicyclic) bond motifs is 1. The van der Waals surface area contributed by atoms with E-state index >= 15 is 4.39 Å². The van der Waals surface area contributed by atoms with Gasteiger partial charge in [0.25, 0.3) is 5.91 Å². The minimum absolute atomic E-state index is 0.0388. The van der Waals surface area contributed by atoms with Crippen LogP contribution in [0.25, 0.3) is 22.2 Å². The molecule has 0 saturated heterocycles. The molecule has 0 aliphatic heterocycles. The van der Waals surface area contributed by atoms with Crippen molar-refractivity contribution < 1.29 is 18.7 Å². The normalized spacial score (nSPS) is 11.1. The average Bonchev–Trinajstić information content (AvgIpc) is 3.25. The SMILES string of the molecule is COc1cc(OC)c(Cl)c(-c2ccc(C(=O)Nc3nccn3CN(C)C)c3nccnc23)c1F. The number of halogens is 2. The van der Waals surface area contributed by atoms with E-state index < -0.39 is 11.7 Å². The maximum Gasteiger partial charge on any atom is 0.260 e. The predicted molar refractivity (Wildman–Crippen MR) is 127 cm³/mol. The molecule has 2 aromatic heterocycles. The summed E-state index contributed by atoms with van der Waals surface area (Å²) >= 11 is 6.47. The second-order valence-corrected chi connectivity index (χ2v) is 7.97. The van der Waals surface area contributed by atoms with E-state index in [0.29, 0.717) is 23.7 Å². The predicted octanol–water partition coefficient (Wildman–Crippen LogP) is 4.07. The van der Waals surface area contributed by atoms with Gasteiger partial charge >= 0.3 is 0 Å². The number of benzene rings is 2. The van der Waals surface area contributed by atoms with Crippen LogP contribution >= 0.6 is 11.6 Å². The maximum absolute atomic E-state index is 15.3. The molecular weight excluding hydrogens is 463 g/mol. The first-order valence-corrected chi connectivity index (χ1v) is 10.5. The first-order valence-electron chi connectivity index (χ1n) is 10.2. The molecule has 2 heterocycles. The number of nitrogens with one attached hydrogen (secondary N) is 1. The zero-order chi connectivity index (χ0) is 24.4. The Labute approximate surface area is 200 Å². The lowest BCUT2D eigenvalue weighted by Gasteiger charge is -2.16. The zero-order valence-electron chi connectivity index (χ0n) is 19.0. The number of nitrogens with zero attached hydrogens (tertiary/aromatic N) is 5. The number of anilines is 1. The molecule has 0 saturated carbocycles. The fraction of sp³-hybridized carbons (Fsp3) is 0.217. The number of imidazole rings is 1. The first-order chi connectivity index (χ1) is 16.3. The second-order valence-electron chi connectivity index (χ2n) is 7.59. The summed E-state index contributed by atoms with van der Waals surface area (Å²) in [5.74, 6) is -0.531. The summed E-state index contributed by atoms with van der Waals surface area (Å²) in [7, 11) is 6.59. The third-order valence-electron chi connectivity index (χ3n) is 5.09. The number of aromatic nitrogens is 4. The summed E-state index contributed by atoms with van der Waals surface area (Å²) in [4.78, 5) is 28.0. The van der Waals surface area contributed by atoms with Crippen LogP contribution in [0.4, 0.5) is 10.3 Å². The van der Waals surface area contributed by atoms with E-state index in [1.54, 1.807) is 29.1 Å². The largest absolute Gasteiger partial charge is 0.495 e. The van der Waals surface area contributed by atoms with Gasteiger partial charge in [-0.1, -0.05) is 17.7 Å². The molecule has 0 bridgehead atoms. The number of rotatable bonds is 7. The molecule has 0 atom stereocenters. The molecule has 2 aromatic carbocycles. The Morgan fingerprint density at radius 2 is 1.79 bits per heavy atom. The van der Waals surface area contributed by atoms with Gasteiger partial charge in [0.15, 0.2) is 11.6 Å². The maximum atomic E-state index is 15.3. The topological polar surface area (TPSA) is 94.4 Å². The van der Waals surface area contributed by atoms with Crippen molar-refractivity contribution in [3.63, 3.8) is 0 Å². The third-order valence-corrected chi connectivity index (χ3v) is 5.46. The molecule has 4 rings (SSSR count). The van der Waals surface area contributed by atoms with Crippen molar-refractivity contribution in [2.75, 3.05) is 33.6 Å². The second kappa shape index (κ2) is 9.62. The average molecular weight is 485 g/mol. The van der Waals surface area contributed by atoms with Crippen LogP contribution < -0.4 is 14.8 Å². The molecule has 1 amide bonds. The number of amides is 1. The highest BCUT2D eigenvalue weighted by molar-refractivity contribution is 6.35. The highest BCUT2D eigenvalue weighted by Crippen LogP contribution is 2.44. The Balaban J connectivity index is 1.83. The summed E-state index contributed by atoms with van der Waals surface area (Å²) in [6, 6.07) is 4.48. The minimum atomic E-state index is -0.678. The number of ether oxygens (including phenoxy) is 2. The van der Waals surface area contributed by atoms with Gasteiger partial charge in [0.1, 0.15) is 11.3 Å². The van der Waals surface area contributed by atoms with Crippen molar-refractivity contribution in [3.8, 4) is 22.6 Å². The van der Waals surface area contributed by atoms with Crippen molar-refractivity contribution in [2.24, 2.45) is 0 Å². The summed E-state index contributed by atoms with van der Waals surface area (Å²) in [6.07, 6.45) is 6.28. The molecule has 0 fully saturated rings. The Kier molecular flexibility index (Phi) is 6.62. The molecule has 4 aromatic rings. The van der Waals surface area contributed by atoms with Gasteiger partial charge in [-0.05, 0) is 20.2 Å². The van der Waals surface area contributed by atoms with Crippen LogP contribution in [-0.2, 0) is 6.67 Å². The van der Waals surface area contributed by atoms with E-state index in [4.69, 9.17) is 21.1 Å². The number of methoxy groups -OCH3 is 2. The van der Waals surface area contributed by atoms with Crippen molar-refractivity contribution in [3.05, 3.63) is 59.4 Å². The van der Waals surface area contributed by atoms with Gasteiger partial charge in [-0.2, -0.15) is 0 Å². The molecule has 176 valence electrons. The Morgan fingerprint density at radius 3 is 2.47 bits per heavy atom. The molecule has 9 nitrogen and oxygen atoms in total. The van der Waals surface area contributed by atoms with Crippen molar-refractivity contribution in [2.45, 2.75) is 6.67 Å². The Bertz CT molecular complexity index is 1350. The van der Waals surface area contributed by atoms with Crippen LogP contribution in [0.1, 0.15) is 10.4 Å². The van der Waals surface area contributed by atoms with Gasteiger partial charge in [-0.15, -0.1) is 0 Å². The standard InChI is InChI=1S/C23H22ClFN6O3/c1-30(2)12-31-10-9-28-23(31)29-22(32)14-6-5-13(20-21(14)27-8-7-26-20)17-18(24)15(33-3)11-16(34-4)19(17)25/h5-11H,12H2,1-4H3,(H,28,29,32). The number of carbonyl (C=O) groups excluding carboxylic acids is 1. The number of hydrogen-bond acceptors (Lipinski definition) is 7. The molecule has 0 aliphatic carbocycles. The monoisotopic (exact) mass is 484 g/mol. The summed E-state index contributed by atoms with van der Waals surface area (Å²) in [6.45, 7) is 0.532. The highest BCUT2D eigenvalue weighted by Gasteiger charge is 2.24. The molecule has 34 heavy (non-hydrogen) atoms. The van der Waals surface area contributed by atoms with Gasteiger partial charge in [0.2, 0.25) is 5.95 Å². The number of carbonyl (C=O) groups is 1. The van der Waals surface area contributed by atoms with E-state index in [2.05, 4.69) is 20.3 Å². The van der Waals surface area contributed by atoms with Crippen molar-refractivity contribution in [1.29, 1.82) is 0 Å². The molecule has 0 radical (unpaired) electrons. The molecule has 0 unspecified atom stereocenters. The van der Waals surface area contributed by atoms with Crippen LogP contribution in [0.5, 0.6) is 11.5 Å². The third kappa shape index (κ3) is 4.25. The summed E-state index contributed by atoms with van der Waals surface area (Å²) in [5, 5.41) is 2.85. The zero-order valence-corrected chi connectivity index (χ0v) is 19.7. The van der Waals surface area contributed by atoms with Crippen LogP contribution in [-0.4, -0.2) is 58.6 Å². The number of hydrogen-bond donors (Lipinski definition) is 1. The quantitative estimate of drug-likeness (QED) is 0.422. The Hall–Kier alpha value is -3.76. The molecular formula is C23H22ClFN6O3. The van der Waals surface area contributed by atoms with Crippen LogP contribution in [0.3, 0.4) is 0 Å². The van der Waals surface area contributed by atoms with Crippen LogP contribution in [0.15, 0.2) is 43.0 Å². The molecule has 0 aliphatic rings. The van der Waals surface area contributed by atoms with E-state index in [-0.39, 0.29) is 33.2 Å². The minimum Gasteiger partial charge on any atom is -0.495 e. The summed E-state index contributed by atoms with van der Waals surface area (Å²) < 4.78 is 27.5. The fourth-order valence-electron chi connectivity index (χ4n) is 3.58. The van der Waals surface area contributed by atoms with E-state index in [0.717, 1.165) is 0 Å². The molecule has 0 spiro atoms. The highest BCUT2D eigenvalue weighted by atomic mass is 35.5. The van der Waals surface area contributed by atoms with Gasteiger partial charge in [0, 0.05) is 42.0 Å². The summed E-state index contributed by atoms with van der Waals surface area (Å²) in [5.41, 5.74) is 1.20. The molecule has 1 N–H and O–H groups in total. The lowest BCUT2D eigenvalue weighted by molar-refractivity contribution is 0.102. The van der Waals surface area contributed by atoms with Crippen molar-refractivity contribution >= 4 is 34.5 Å². The van der Waals surface area contributed by atoms with Gasteiger partial charge in [-0.25, -0.2) is 9.37 Å². The Morgan fingerprint density at radius 1 is 1.09 bits per heavy atom. The van der Waals surface area contributed by atoms with Gasteiger partial charge in [0.05, 0.1) is 37.0 Å². The molecule has 11 heteroatoms. The van der Waals surface area contributed by atoms with E-state index in [1.165, 1.54) is 32.7 Å². The lowest BCUT2D eigenvalue weighted by atomic mass is 9.99. The van der Waals surface area contributed by atoms with Crippen LogP contribution in [0.2, 0.25) is 5.02 Å². The van der Waals surface area contributed by atoms with Crippen molar-refractivity contribution in [1.82, 2.24) is 24.4 Å². The lowest BCUT2D eigenvalue weighted by Crippen LogP contribution is -2.21. The van der Waals surface area contributed by atoms with Gasteiger partial charge < -0.3 is 14.0 Å². The van der Waals surface area contributed by atoms with E-state index in [9.17, 15) is 4.79 Å². The first kappa shape index (κ1) is 23.4. The smallest absolute Gasteiger partial charge is 0.260 e. The fourth-order valence-corrected chi connectivity index (χ4v) is 3.90.